The third kappa shape index (κ3) is 5.15. The van der Waals surface area contributed by atoms with Gasteiger partial charge in [-0.2, -0.15) is 0 Å². The molecule has 2 aliphatic rings. The lowest BCUT2D eigenvalue weighted by Gasteiger charge is -2.09. The minimum atomic E-state index is -0.593. The molecular weight excluding hydrogens is 270 g/mol. The summed E-state index contributed by atoms with van der Waals surface area (Å²) in [7, 11) is 2.17. The molecule has 21 heavy (non-hydrogen) atoms. The zero-order valence-electron chi connectivity index (χ0n) is 12.4. The van der Waals surface area contributed by atoms with E-state index in [2.05, 4.69) is 17.3 Å². The number of primary amides is 1. The number of likely N-dealkylation sites (tertiary alicyclic amines) is 1. The van der Waals surface area contributed by atoms with Crippen molar-refractivity contribution in [3.8, 4) is 11.5 Å². The number of nitrogens with one attached hydrogen (secondary N) is 1. The van der Waals surface area contributed by atoms with E-state index in [0.717, 1.165) is 6.42 Å². The van der Waals surface area contributed by atoms with Gasteiger partial charge in [-0.1, -0.05) is 0 Å². The number of hydrogen-bond donors (Lipinski definition) is 2. The number of nitrogens with two attached hydrogens (primary N) is 1. The fourth-order valence-corrected chi connectivity index (χ4v) is 2.26. The first kappa shape index (κ1) is 15.4. The van der Waals surface area contributed by atoms with Crippen molar-refractivity contribution in [2.75, 3.05) is 38.7 Å². The molecule has 1 aromatic rings. The highest BCUT2D eigenvalue weighted by atomic mass is 16.5. The van der Waals surface area contributed by atoms with Crippen LogP contribution in [0.5, 0.6) is 11.5 Å². The maximum absolute atomic E-state index is 10.6. The Morgan fingerprint density at radius 2 is 1.81 bits per heavy atom. The van der Waals surface area contributed by atoms with Crippen LogP contribution in [0.3, 0.4) is 0 Å². The molecule has 1 fully saturated rings. The molecule has 0 spiro atoms. The van der Waals surface area contributed by atoms with Crippen LogP contribution in [0.15, 0.2) is 18.2 Å². The van der Waals surface area contributed by atoms with Crippen molar-refractivity contribution in [1.29, 1.82) is 0 Å². The van der Waals surface area contributed by atoms with Crippen LogP contribution in [0.2, 0.25) is 0 Å². The average Bonchev–Trinajstić information content (AvgIpc) is 2.80. The number of benzene rings is 1. The van der Waals surface area contributed by atoms with E-state index in [1.807, 2.05) is 0 Å². The molecule has 6 nitrogen and oxygen atoms in total. The molecule has 3 N–H and O–H groups in total. The highest BCUT2D eigenvalue weighted by molar-refractivity contribution is 5.88. The second kappa shape index (κ2) is 7.73. The summed E-state index contributed by atoms with van der Waals surface area (Å²) >= 11 is 0. The van der Waals surface area contributed by atoms with Crippen LogP contribution in [-0.4, -0.2) is 44.3 Å². The number of nitrogens with zero attached hydrogens (tertiary/aromatic N) is 1. The molecule has 0 aromatic heterocycles. The predicted molar refractivity (Wildman–Crippen MR) is 82.0 cm³/mol. The van der Waals surface area contributed by atoms with Crippen LogP contribution in [0, 0.1) is 0 Å². The third-order valence-electron chi connectivity index (χ3n) is 3.34. The normalized spacial score (nSPS) is 17.4. The van der Waals surface area contributed by atoms with Crippen LogP contribution in [-0.2, 0) is 0 Å². The molecule has 2 aliphatic heterocycles. The van der Waals surface area contributed by atoms with E-state index < -0.39 is 6.03 Å². The van der Waals surface area contributed by atoms with Crippen molar-refractivity contribution >= 4 is 11.7 Å². The number of amides is 2. The summed E-state index contributed by atoms with van der Waals surface area (Å²) in [6, 6.07) is 4.58. The van der Waals surface area contributed by atoms with Crippen LogP contribution in [0.4, 0.5) is 10.5 Å². The highest BCUT2D eigenvalue weighted by Crippen LogP contribution is 2.32. The van der Waals surface area contributed by atoms with Gasteiger partial charge in [-0.05, 0) is 45.1 Å². The van der Waals surface area contributed by atoms with Gasteiger partial charge in [0.05, 0.1) is 13.2 Å². The molecule has 0 aliphatic carbocycles. The molecular formula is C15H23N3O3. The van der Waals surface area contributed by atoms with Crippen LogP contribution in [0.1, 0.15) is 19.3 Å². The zero-order valence-corrected chi connectivity index (χ0v) is 12.4. The van der Waals surface area contributed by atoms with E-state index >= 15 is 0 Å². The van der Waals surface area contributed by atoms with E-state index in [1.54, 1.807) is 18.2 Å². The molecule has 0 radical (unpaired) electrons. The number of ether oxygens (including phenoxy) is 2. The van der Waals surface area contributed by atoms with Gasteiger partial charge >= 0.3 is 6.03 Å². The Morgan fingerprint density at radius 1 is 1.14 bits per heavy atom. The molecule has 2 heterocycles. The first-order chi connectivity index (χ1) is 10.1. The Bertz CT molecular complexity index is 473. The minimum absolute atomic E-state index is 0.593. The maximum atomic E-state index is 10.6. The first-order valence-electron chi connectivity index (χ1n) is 7.30. The van der Waals surface area contributed by atoms with E-state index in [9.17, 15) is 4.79 Å². The number of urea groups is 1. The maximum Gasteiger partial charge on any atom is 0.316 e. The summed E-state index contributed by atoms with van der Waals surface area (Å²) in [5.74, 6) is 1.33. The zero-order chi connectivity index (χ0) is 15.1. The minimum Gasteiger partial charge on any atom is -0.490 e. The fourth-order valence-electron chi connectivity index (χ4n) is 2.26. The molecule has 6 heteroatoms. The predicted octanol–water partition coefficient (Wildman–Crippen LogP) is 2.05. The van der Waals surface area contributed by atoms with Gasteiger partial charge in [0.25, 0.3) is 0 Å². The van der Waals surface area contributed by atoms with Crippen molar-refractivity contribution in [2.45, 2.75) is 19.3 Å². The molecule has 2 amide bonds. The van der Waals surface area contributed by atoms with Crippen molar-refractivity contribution in [3.05, 3.63) is 18.2 Å². The Kier molecular flexibility index (Phi) is 5.68. The van der Waals surface area contributed by atoms with Gasteiger partial charge in [0, 0.05) is 18.2 Å². The molecule has 1 saturated heterocycles. The second-order valence-electron chi connectivity index (χ2n) is 5.21. The average molecular weight is 293 g/mol. The van der Waals surface area contributed by atoms with Crippen LogP contribution >= 0.6 is 0 Å². The van der Waals surface area contributed by atoms with E-state index in [-0.39, 0.29) is 0 Å². The van der Waals surface area contributed by atoms with E-state index in [1.165, 1.54) is 25.9 Å². The van der Waals surface area contributed by atoms with Crippen molar-refractivity contribution in [2.24, 2.45) is 5.73 Å². The molecule has 0 unspecified atom stereocenters. The van der Waals surface area contributed by atoms with Crippen molar-refractivity contribution in [1.82, 2.24) is 4.90 Å². The quantitative estimate of drug-likeness (QED) is 0.831. The third-order valence-corrected chi connectivity index (χ3v) is 3.34. The van der Waals surface area contributed by atoms with Gasteiger partial charge in [-0.15, -0.1) is 0 Å². The number of carbonyl (C=O) groups excluding carboxylic acids is 1. The summed E-state index contributed by atoms with van der Waals surface area (Å²) in [5, 5.41) is 2.48. The van der Waals surface area contributed by atoms with Gasteiger partial charge in [0.1, 0.15) is 0 Å². The van der Waals surface area contributed by atoms with Gasteiger partial charge < -0.3 is 25.4 Å². The van der Waals surface area contributed by atoms with Gasteiger partial charge in [0.15, 0.2) is 11.5 Å². The lowest BCUT2D eigenvalue weighted by Crippen LogP contribution is -2.19. The number of fused-ring (bicyclic) bond motifs is 1. The molecule has 116 valence electrons. The van der Waals surface area contributed by atoms with Gasteiger partial charge in [-0.3, -0.25) is 0 Å². The van der Waals surface area contributed by atoms with Crippen LogP contribution < -0.4 is 20.5 Å². The topological polar surface area (TPSA) is 76.8 Å². The lowest BCUT2D eigenvalue weighted by molar-refractivity contribution is 0.259. The summed E-state index contributed by atoms with van der Waals surface area (Å²) in [4.78, 5) is 13.0. The standard InChI is InChI=1S/C10H12N2O3.C5H11N/c11-10(13)12-7-2-3-8-9(6-7)15-5-1-4-14-8;1-6-4-2-3-5-6/h2-3,6H,1,4-5H2,(H3,11,12,13);2-5H2,1H3. The Balaban J connectivity index is 0.000000225. The number of carbonyl (C=O) groups is 1. The Morgan fingerprint density at radius 3 is 2.38 bits per heavy atom. The van der Waals surface area contributed by atoms with Gasteiger partial charge in [-0.25, -0.2) is 4.79 Å². The molecule has 0 bridgehead atoms. The summed E-state index contributed by atoms with van der Waals surface area (Å²) in [5.41, 5.74) is 5.61. The summed E-state index contributed by atoms with van der Waals surface area (Å²) < 4.78 is 10.9. The molecule has 0 atom stereocenters. The Labute approximate surface area is 125 Å². The van der Waals surface area contributed by atoms with Crippen molar-refractivity contribution in [3.63, 3.8) is 0 Å². The molecule has 0 saturated carbocycles. The first-order valence-corrected chi connectivity index (χ1v) is 7.30. The van der Waals surface area contributed by atoms with Gasteiger partial charge in [0.2, 0.25) is 0 Å². The van der Waals surface area contributed by atoms with E-state index in [4.69, 9.17) is 15.2 Å². The smallest absolute Gasteiger partial charge is 0.316 e. The largest absolute Gasteiger partial charge is 0.490 e. The Hall–Kier alpha value is -1.95. The lowest BCUT2D eigenvalue weighted by atomic mass is 10.3. The SMILES string of the molecule is CN1CCCC1.NC(=O)Nc1ccc2c(c1)OCCCO2. The number of anilines is 1. The molecule has 3 rings (SSSR count). The summed E-state index contributed by atoms with van der Waals surface area (Å²) in [6.45, 7) is 3.91. The molecule has 1 aromatic carbocycles. The highest BCUT2D eigenvalue weighted by Gasteiger charge is 2.10. The number of rotatable bonds is 1. The van der Waals surface area contributed by atoms with Crippen molar-refractivity contribution < 1.29 is 14.3 Å². The summed E-state index contributed by atoms with van der Waals surface area (Å²) in [6.07, 6.45) is 3.68. The monoisotopic (exact) mass is 293 g/mol. The van der Waals surface area contributed by atoms with Crippen LogP contribution in [0.25, 0.3) is 0 Å². The fraction of sp³-hybridized carbons (Fsp3) is 0.533. The second-order valence-corrected chi connectivity index (χ2v) is 5.21. The number of hydrogen-bond acceptors (Lipinski definition) is 4. The van der Waals surface area contributed by atoms with E-state index in [0.29, 0.717) is 30.4 Å².